The molecule has 1 aliphatic heterocycles. The van der Waals surface area contributed by atoms with Crippen LogP contribution in [-0.4, -0.2) is 16.1 Å². The van der Waals surface area contributed by atoms with Gasteiger partial charge in [-0.05, 0) is 12.5 Å². The normalized spacial score (nSPS) is 19.1. The zero-order valence-electron chi connectivity index (χ0n) is 8.10. The van der Waals surface area contributed by atoms with Gasteiger partial charge in [-0.3, -0.25) is 4.98 Å². The summed E-state index contributed by atoms with van der Waals surface area (Å²) >= 11 is 0. The van der Waals surface area contributed by atoms with Crippen molar-refractivity contribution < 1.29 is 9.84 Å². The van der Waals surface area contributed by atoms with Gasteiger partial charge >= 0.3 is 0 Å². The van der Waals surface area contributed by atoms with E-state index in [1.165, 1.54) is 0 Å². The lowest BCUT2D eigenvalue weighted by atomic mass is 9.99. The van der Waals surface area contributed by atoms with Crippen LogP contribution in [0.15, 0.2) is 12.4 Å². The van der Waals surface area contributed by atoms with Gasteiger partial charge in [0.25, 0.3) is 0 Å². The first kappa shape index (κ1) is 9.58. The van der Waals surface area contributed by atoms with Gasteiger partial charge in [-0.15, -0.1) is 0 Å². The molecule has 2 unspecified atom stereocenters. The molecule has 0 aliphatic carbocycles. The average molecular weight is 194 g/mol. The third-order valence-corrected chi connectivity index (χ3v) is 2.50. The van der Waals surface area contributed by atoms with Crippen molar-refractivity contribution in [3.8, 4) is 0 Å². The smallest absolute Gasteiger partial charge is 0.0956 e. The van der Waals surface area contributed by atoms with Gasteiger partial charge in [0.05, 0.1) is 19.3 Å². The van der Waals surface area contributed by atoms with Gasteiger partial charge in [-0.25, -0.2) is 0 Å². The molecule has 0 spiro atoms. The van der Waals surface area contributed by atoms with E-state index in [1.807, 2.05) is 0 Å². The molecule has 2 rings (SSSR count). The number of aromatic nitrogens is 1. The fourth-order valence-corrected chi connectivity index (χ4v) is 1.65. The van der Waals surface area contributed by atoms with Gasteiger partial charge in [0.2, 0.25) is 0 Å². The van der Waals surface area contributed by atoms with Crippen LogP contribution in [0, 0.1) is 0 Å². The molecular formula is C10H14N2O2. The van der Waals surface area contributed by atoms with E-state index in [-0.39, 0.29) is 6.04 Å². The van der Waals surface area contributed by atoms with E-state index >= 15 is 0 Å². The Bertz CT molecular complexity index is 339. The van der Waals surface area contributed by atoms with E-state index in [2.05, 4.69) is 4.98 Å². The predicted octanol–water partition coefficient (Wildman–Crippen LogP) is 0.492. The van der Waals surface area contributed by atoms with Gasteiger partial charge in [0.15, 0.2) is 0 Å². The summed E-state index contributed by atoms with van der Waals surface area (Å²) in [5.74, 6) is 0. The molecule has 2 atom stereocenters. The van der Waals surface area contributed by atoms with E-state index < -0.39 is 6.10 Å². The molecule has 4 nitrogen and oxygen atoms in total. The Morgan fingerprint density at radius 3 is 3.00 bits per heavy atom. The van der Waals surface area contributed by atoms with Gasteiger partial charge < -0.3 is 15.6 Å². The van der Waals surface area contributed by atoms with Crippen molar-refractivity contribution in [2.45, 2.75) is 32.3 Å². The maximum absolute atomic E-state index is 9.84. The monoisotopic (exact) mass is 194 g/mol. The number of aliphatic hydroxyl groups is 1. The lowest BCUT2D eigenvalue weighted by Gasteiger charge is -2.16. The molecule has 0 fully saturated rings. The van der Waals surface area contributed by atoms with Gasteiger partial charge in [0.1, 0.15) is 0 Å². The second-order valence-electron chi connectivity index (χ2n) is 3.66. The molecule has 1 aliphatic rings. The minimum Gasteiger partial charge on any atom is -0.387 e. The Morgan fingerprint density at radius 1 is 1.50 bits per heavy atom. The van der Waals surface area contributed by atoms with Crippen LogP contribution in [0.25, 0.3) is 0 Å². The minimum absolute atomic E-state index is 0.288. The number of ether oxygens (including phenoxy) is 1. The summed E-state index contributed by atoms with van der Waals surface area (Å²) in [6.45, 7) is 2.92. The molecule has 0 aromatic carbocycles. The van der Waals surface area contributed by atoms with Crippen molar-refractivity contribution in [1.82, 2.24) is 4.98 Å². The third kappa shape index (κ3) is 1.52. The Kier molecular flexibility index (Phi) is 2.50. The Morgan fingerprint density at radius 2 is 2.29 bits per heavy atom. The van der Waals surface area contributed by atoms with Gasteiger partial charge in [-0.2, -0.15) is 0 Å². The molecule has 0 saturated carbocycles. The predicted molar refractivity (Wildman–Crippen MR) is 51.3 cm³/mol. The molecule has 1 aromatic heterocycles. The molecule has 4 heteroatoms. The second-order valence-corrected chi connectivity index (χ2v) is 3.66. The highest BCUT2D eigenvalue weighted by Gasteiger charge is 2.22. The van der Waals surface area contributed by atoms with Crippen LogP contribution in [0.5, 0.6) is 0 Å². The number of hydrogen-bond acceptors (Lipinski definition) is 4. The summed E-state index contributed by atoms with van der Waals surface area (Å²) < 4.78 is 5.29. The van der Waals surface area contributed by atoms with Crippen molar-refractivity contribution in [1.29, 1.82) is 0 Å². The zero-order chi connectivity index (χ0) is 10.1. The second kappa shape index (κ2) is 3.65. The van der Waals surface area contributed by atoms with Gasteiger partial charge in [0, 0.05) is 29.6 Å². The Labute approximate surface area is 82.7 Å². The van der Waals surface area contributed by atoms with E-state index in [1.54, 1.807) is 19.3 Å². The first-order valence-corrected chi connectivity index (χ1v) is 4.67. The average Bonchev–Trinajstić information content (AvgIpc) is 2.63. The number of rotatable bonds is 2. The molecule has 0 bridgehead atoms. The molecule has 2 heterocycles. The number of nitrogens with zero attached hydrogens (tertiary/aromatic N) is 1. The van der Waals surface area contributed by atoms with Crippen LogP contribution in [0.3, 0.4) is 0 Å². The molecule has 3 N–H and O–H groups in total. The van der Waals surface area contributed by atoms with Crippen LogP contribution in [-0.2, 0) is 18.0 Å². The lowest BCUT2D eigenvalue weighted by molar-refractivity contribution is 0.128. The molecule has 0 saturated heterocycles. The topological polar surface area (TPSA) is 68.4 Å². The Balaban J connectivity index is 2.39. The Hall–Kier alpha value is -0.970. The maximum Gasteiger partial charge on any atom is 0.0956 e. The van der Waals surface area contributed by atoms with Crippen LogP contribution in [0.4, 0.5) is 0 Å². The number of hydrogen-bond donors (Lipinski definition) is 2. The van der Waals surface area contributed by atoms with Crippen molar-refractivity contribution in [2.75, 3.05) is 0 Å². The summed E-state index contributed by atoms with van der Waals surface area (Å²) in [5, 5.41) is 9.84. The van der Waals surface area contributed by atoms with Crippen LogP contribution in [0.1, 0.15) is 29.7 Å². The minimum atomic E-state index is -0.654. The van der Waals surface area contributed by atoms with Gasteiger partial charge in [-0.1, -0.05) is 0 Å². The standard InChI is InChI=1S/C10H14N2O2/c1-6(11)10(13)8-3-12-2-7-4-14-5-9(7)8/h2-3,6,10,13H,4-5,11H2,1H3. The van der Waals surface area contributed by atoms with Crippen molar-refractivity contribution in [3.63, 3.8) is 0 Å². The zero-order valence-corrected chi connectivity index (χ0v) is 8.10. The van der Waals surface area contributed by atoms with Crippen LogP contribution >= 0.6 is 0 Å². The van der Waals surface area contributed by atoms with E-state index in [9.17, 15) is 5.11 Å². The molecule has 1 aromatic rings. The number of aliphatic hydroxyl groups excluding tert-OH is 1. The maximum atomic E-state index is 9.84. The SMILES string of the molecule is CC(N)C(O)c1cncc2c1COC2. The van der Waals surface area contributed by atoms with E-state index in [0.29, 0.717) is 13.2 Å². The van der Waals surface area contributed by atoms with Crippen LogP contribution < -0.4 is 5.73 Å². The molecule has 14 heavy (non-hydrogen) atoms. The van der Waals surface area contributed by atoms with E-state index in [4.69, 9.17) is 10.5 Å². The number of nitrogens with two attached hydrogens (primary N) is 1. The summed E-state index contributed by atoms with van der Waals surface area (Å²) in [4.78, 5) is 4.06. The quantitative estimate of drug-likeness (QED) is 0.719. The third-order valence-electron chi connectivity index (χ3n) is 2.50. The highest BCUT2D eigenvalue weighted by atomic mass is 16.5. The lowest BCUT2D eigenvalue weighted by Crippen LogP contribution is -2.25. The first-order valence-electron chi connectivity index (χ1n) is 4.67. The first-order chi connectivity index (χ1) is 6.70. The highest BCUT2D eigenvalue weighted by molar-refractivity contribution is 5.35. The molecular weight excluding hydrogens is 180 g/mol. The molecule has 76 valence electrons. The fourth-order valence-electron chi connectivity index (χ4n) is 1.65. The molecule has 0 amide bonds. The van der Waals surface area contributed by atoms with Crippen molar-refractivity contribution >= 4 is 0 Å². The molecule has 0 radical (unpaired) electrons. The van der Waals surface area contributed by atoms with E-state index in [0.717, 1.165) is 16.7 Å². The summed E-state index contributed by atoms with van der Waals surface area (Å²) in [5.41, 5.74) is 8.55. The summed E-state index contributed by atoms with van der Waals surface area (Å²) in [7, 11) is 0. The largest absolute Gasteiger partial charge is 0.387 e. The fraction of sp³-hybridized carbons (Fsp3) is 0.500. The summed E-state index contributed by atoms with van der Waals surface area (Å²) in [6.07, 6.45) is 2.79. The van der Waals surface area contributed by atoms with Crippen LogP contribution in [0.2, 0.25) is 0 Å². The summed E-state index contributed by atoms with van der Waals surface area (Å²) in [6, 6.07) is -0.288. The van der Waals surface area contributed by atoms with Crippen molar-refractivity contribution in [3.05, 3.63) is 29.1 Å². The highest BCUT2D eigenvalue weighted by Crippen LogP contribution is 2.27. The number of pyridine rings is 1. The number of fused-ring (bicyclic) bond motifs is 1. The van der Waals surface area contributed by atoms with Crippen molar-refractivity contribution in [2.24, 2.45) is 5.73 Å².